The van der Waals surface area contributed by atoms with Gasteiger partial charge in [0.25, 0.3) is 0 Å². The van der Waals surface area contributed by atoms with Gasteiger partial charge in [0.1, 0.15) is 5.82 Å². The number of imidazole rings is 1. The lowest BCUT2D eigenvalue weighted by atomic mass is 10.1. The number of hydrogen-bond donors (Lipinski definition) is 1. The third-order valence-corrected chi connectivity index (χ3v) is 2.57. The van der Waals surface area contributed by atoms with Crippen LogP contribution >= 0.6 is 11.6 Å². The van der Waals surface area contributed by atoms with Gasteiger partial charge in [-0.1, -0.05) is 23.7 Å². The molecule has 4 heteroatoms. The monoisotopic (exact) mass is 221 g/mol. The van der Waals surface area contributed by atoms with E-state index in [1.807, 2.05) is 29.7 Å². The molecule has 2 rings (SSSR count). The van der Waals surface area contributed by atoms with Gasteiger partial charge in [-0.05, 0) is 24.1 Å². The average molecular weight is 222 g/mol. The molecule has 2 aromatic rings. The Labute approximate surface area is 93.5 Å². The maximum atomic E-state index is 6.12. The van der Waals surface area contributed by atoms with Crippen molar-refractivity contribution in [3.05, 3.63) is 46.9 Å². The van der Waals surface area contributed by atoms with Crippen molar-refractivity contribution in [3.8, 4) is 0 Å². The van der Waals surface area contributed by atoms with Crippen molar-refractivity contribution in [2.75, 3.05) is 5.73 Å². The van der Waals surface area contributed by atoms with E-state index in [0.717, 1.165) is 16.1 Å². The topological polar surface area (TPSA) is 43.8 Å². The van der Waals surface area contributed by atoms with Crippen LogP contribution in [0.2, 0.25) is 5.02 Å². The fraction of sp³-hybridized carbons (Fsp3) is 0.182. The van der Waals surface area contributed by atoms with Gasteiger partial charge >= 0.3 is 0 Å². The summed E-state index contributed by atoms with van der Waals surface area (Å²) in [7, 11) is 0. The maximum Gasteiger partial charge on any atom is 0.141 e. The first-order chi connectivity index (χ1) is 7.15. The number of hydrogen-bond acceptors (Lipinski definition) is 2. The van der Waals surface area contributed by atoms with E-state index in [-0.39, 0.29) is 0 Å². The first-order valence-corrected chi connectivity index (χ1v) is 5.05. The fourth-order valence-electron chi connectivity index (χ4n) is 1.44. The Balaban J connectivity index is 2.24. The molecule has 2 N–H and O–H groups in total. The third kappa shape index (κ3) is 2.30. The predicted octanol–water partition coefficient (Wildman–Crippen LogP) is 2.48. The van der Waals surface area contributed by atoms with Crippen molar-refractivity contribution >= 4 is 17.4 Å². The zero-order chi connectivity index (χ0) is 10.8. The van der Waals surface area contributed by atoms with Gasteiger partial charge in [-0.25, -0.2) is 4.98 Å². The van der Waals surface area contributed by atoms with Crippen LogP contribution in [0.1, 0.15) is 11.1 Å². The zero-order valence-electron chi connectivity index (χ0n) is 8.44. The highest BCUT2D eigenvalue weighted by molar-refractivity contribution is 6.31. The summed E-state index contributed by atoms with van der Waals surface area (Å²) in [5.41, 5.74) is 7.76. The Morgan fingerprint density at radius 2 is 2.27 bits per heavy atom. The van der Waals surface area contributed by atoms with E-state index in [1.165, 1.54) is 0 Å². The number of aromatic nitrogens is 2. The normalized spacial score (nSPS) is 10.5. The molecule has 1 aromatic heterocycles. The minimum Gasteiger partial charge on any atom is -0.382 e. The Kier molecular flexibility index (Phi) is 2.64. The number of anilines is 1. The molecule has 3 nitrogen and oxygen atoms in total. The van der Waals surface area contributed by atoms with Gasteiger partial charge in [-0.2, -0.15) is 0 Å². The summed E-state index contributed by atoms with van der Waals surface area (Å²) in [6.45, 7) is 2.72. The van der Waals surface area contributed by atoms with Gasteiger partial charge in [0.05, 0.1) is 12.9 Å². The van der Waals surface area contributed by atoms with Crippen molar-refractivity contribution in [3.63, 3.8) is 0 Å². The van der Waals surface area contributed by atoms with Gasteiger partial charge < -0.3 is 10.3 Å². The average Bonchev–Trinajstić information content (AvgIpc) is 2.56. The molecule has 0 fully saturated rings. The Bertz CT molecular complexity index is 476. The first-order valence-electron chi connectivity index (χ1n) is 4.67. The van der Waals surface area contributed by atoms with Crippen LogP contribution in [0.15, 0.2) is 30.7 Å². The molecular formula is C11H12ClN3. The van der Waals surface area contributed by atoms with Crippen LogP contribution in [-0.2, 0) is 6.54 Å². The van der Waals surface area contributed by atoms with Crippen LogP contribution < -0.4 is 5.73 Å². The molecule has 0 saturated carbocycles. The molecule has 0 amide bonds. The van der Waals surface area contributed by atoms with E-state index in [0.29, 0.717) is 12.4 Å². The van der Waals surface area contributed by atoms with Crippen LogP contribution in [0.25, 0.3) is 0 Å². The molecule has 0 unspecified atom stereocenters. The minimum absolute atomic E-state index is 0.526. The summed E-state index contributed by atoms with van der Waals surface area (Å²) >= 11 is 6.12. The lowest BCUT2D eigenvalue weighted by molar-refractivity contribution is 0.797. The number of rotatable bonds is 2. The minimum atomic E-state index is 0.526. The van der Waals surface area contributed by atoms with Crippen molar-refractivity contribution in [1.29, 1.82) is 0 Å². The quantitative estimate of drug-likeness (QED) is 0.847. The molecule has 78 valence electrons. The zero-order valence-corrected chi connectivity index (χ0v) is 9.20. The van der Waals surface area contributed by atoms with Gasteiger partial charge in [0.2, 0.25) is 0 Å². The SMILES string of the molecule is Cc1ccc(Cn2cnc(N)c2)c(Cl)c1. The fourth-order valence-corrected chi connectivity index (χ4v) is 1.74. The van der Waals surface area contributed by atoms with E-state index in [4.69, 9.17) is 17.3 Å². The molecule has 0 aliphatic carbocycles. The number of nitrogens with two attached hydrogens (primary N) is 1. The number of nitrogen functional groups attached to an aromatic ring is 1. The van der Waals surface area contributed by atoms with E-state index in [2.05, 4.69) is 4.98 Å². The van der Waals surface area contributed by atoms with E-state index < -0.39 is 0 Å². The number of aryl methyl sites for hydroxylation is 1. The Morgan fingerprint density at radius 3 is 2.87 bits per heavy atom. The van der Waals surface area contributed by atoms with Crippen molar-refractivity contribution < 1.29 is 0 Å². The van der Waals surface area contributed by atoms with Gasteiger partial charge in [-0.3, -0.25) is 0 Å². The number of halogens is 1. The van der Waals surface area contributed by atoms with E-state index in [1.54, 1.807) is 12.5 Å². The molecule has 0 aliphatic rings. The number of nitrogens with zero attached hydrogens (tertiary/aromatic N) is 2. The van der Waals surface area contributed by atoms with Crippen LogP contribution in [0.3, 0.4) is 0 Å². The van der Waals surface area contributed by atoms with Gasteiger partial charge in [0, 0.05) is 11.2 Å². The van der Waals surface area contributed by atoms with Crippen LogP contribution in [-0.4, -0.2) is 9.55 Å². The largest absolute Gasteiger partial charge is 0.382 e. The van der Waals surface area contributed by atoms with Crippen LogP contribution in [0.4, 0.5) is 5.82 Å². The lowest BCUT2D eigenvalue weighted by Gasteiger charge is -2.05. The second kappa shape index (κ2) is 3.95. The molecule has 1 heterocycles. The Hall–Kier alpha value is -1.48. The molecular weight excluding hydrogens is 210 g/mol. The van der Waals surface area contributed by atoms with Crippen LogP contribution in [0, 0.1) is 6.92 Å². The second-order valence-electron chi connectivity index (χ2n) is 3.57. The summed E-state index contributed by atoms with van der Waals surface area (Å²) in [6, 6.07) is 6.02. The van der Waals surface area contributed by atoms with E-state index in [9.17, 15) is 0 Å². The molecule has 0 aliphatic heterocycles. The maximum absolute atomic E-state index is 6.12. The predicted molar refractivity (Wildman–Crippen MR) is 61.9 cm³/mol. The summed E-state index contributed by atoms with van der Waals surface area (Å²) in [5.74, 6) is 0.526. The van der Waals surface area contributed by atoms with Crippen molar-refractivity contribution in [2.45, 2.75) is 13.5 Å². The highest BCUT2D eigenvalue weighted by Crippen LogP contribution is 2.18. The standard InChI is InChI=1S/C11H12ClN3/c1-8-2-3-9(10(12)4-8)5-15-6-11(13)14-7-15/h2-4,6-7H,5,13H2,1H3. The molecule has 0 bridgehead atoms. The van der Waals surface area contributed by atoms with Crippen molar-refractivity contribution in [2.24, 2.45) is 0 Å². The molecule has 0 spiro atoms. The molecule has 0 radical (unpaired) electrons. The summed E-state index contributed by atoms with van der Waals surface area (Å²) in [5, 5.41) is 0.780. The molecule has 0 saturated heterocycles. The molecule has 1 aromatic carbocycles. The molecule has 0 atom stereocenters. The highest BCUT2D eigenvalue weighted by Gasteiger charge is 2.01. The summed E-state index contributed by atoms with van der Waals surface area (Å²) < 4.78 is 1.91. The molecule has 15 heavy (non-hydrogen) atoms. The first kappa shape index (κ1) is 10.1. The van der Waals surface area contributed by atoms with Crippen molar-refractivity contribution in [1.82, 2.24) is 9.55 Å². The third-order valence-electron chi connectivity index (χ3n) is 2.21. The highest BCUT2D eigenvalue weighted by atomic mass is 35.5. The summed E-state index contributed by atoms with van der Waals surface area (Å²) in [6.07, 6.45) is 3.49. The second-order valence-corrected chi connectivity index (χ2v) is 3.97. The van der Waals surface area contributed by atoms with E-state index >= 15 is 0 Å². The summed E-state index contributed by atoms with van der Waals surface area (Å²) in [4.78, 5) is 3.96. The Morgan fingerprint density at radius 1 is 1.47 bits per heavy atom. The van der Waals surface area contributed by atoms with Gasteiger partial charge in [-0.15, -0.1) is 0 Å². The van der Waals surface area contributed by atoms with Gasteiger partial charge in [0.15, 0.2) is 0 Å². The lowest BCUT2D eigenvalue weighted by Crippen LogP contribution is -1.97. The van der Waals surface area contributed by atoms with Crippen LogP contribution in [0.5, 0.6) is 0 Å². The smallest absolute Gasteiger partial charge is 0.141 e. The number of benzene rings is 1.